The molecule has 1 aromatic rings. The largest absolute Gasteiger partial charge is 0.493 e. The Labute approximate surface area is 124 Å². The second kappa shape index (κ2) is 6.61. The number of esters is 1. The van der Waals surface area contributed by atoms with Gasteiger partial charge in [-0.05, 0) is 31.4 Å². The van der Waals surface area contributed by atoms with Crippen LogP contribution in [0, 0.1) is 0 Å². The number of ketones is 1. The molecule has 0 radical (unpaired) electrons. The summed E-state index contributed by atoms with van der Waals surface area (Å²) >= 11 is 0. The van der Waals surface area contributed by atoms with Gasteiger partial charge in [0.2, 0.25) is 0 Å². The van der Waals surface area contributed by atoms with Crippen molar-refractivity contribution in [3.05, 3.63) is 23.3 Å². The van der Waals surface area contributed by atoms with E-state index in [1.807, 2.05) is 6.07 Å². The summed E-state index contributed by atoms with van der Waals surface area (Å²) in [5.74, 6) is 0.703. The first-order chi connectivity index (χ1) is 10.1. The molecule has 5 heteroatoms. The number of cyclic esters (lactones) is 1. The minimum Gasteiger partial charge on any atom is -0.493 e. The number of ether oxygens (including phenoxy) is 3. The van der Waals surface area contributed by atoms with Crippen molar-refractivity contribution in [1.29, 1.82) is 0 Å². The maximum absolute atomic E-state index is 12.2. The third-order valence-corrected chi connectivity index (χ3v) is 3.61. The van der Waals surface area contributed by atoms with E-state index >= 15 is 0 Å². The van der Waals surface area contributed by atoms with Crippen molar-refractivity contribution in [2.24, 2.45) is 0 Å². The third kappa shape index (κ3) is 3.35. The molecule has 21 heavy (non-hydrogen) atoms. The van der Waals surface area contributed by atoms with Crippen molar-refractivity contribution in [2.45, 2.75) is 38.7 Å². The summed E-state index contributed by atoms with van der Waals surface area (Å²) in [4.78, 5) is 23.2. The van der Waals surface area contributed by atoms with E-state index in [-0.39, 0.29) is 17.9 Å². The summed E-state index contributed by atoms with van der Waals surface area (Å²) in [5.41, 5.74) is 1.34. The van der Waals surface area contributed by atoms with Gasteiger partial charge < -0.3 is 19.0 Å². The zero-order valence-electron chi connectivity index (χ0n) is 12.6. The molecule has 5 nitrogen and oxygen atoms in total. The van der Waals surface area contributed by atoms with E-state index in [4.69, 9.17) is 14.2 Å². The Morgan fingerprint density at radius 2 is 2.10 bits per heavy atom. The standard InChI is InChI=1S/C16H20O5/c1-10(17)5-4-6-12-9-11-7-8-13(19-2)15(20-3)14(11)16(18)21-12/h7-8,12H,4-6,9H2,1-3H3/t12-/m1/s1. The van der Waals surface area contributed by atoms with E-state index in [1.54, 1.807) is 13.0 Å². The van der Waals surface area contributed by atoms with Gasteiger partial charge in [0, 0.05) is 12.8 Å². The van der Waals surface area contributed by atoms with Gasteiger partial charge in [0.05, 0.1) is 14.2 Å². The second-order valence-corrected chi connectivity index (χ2v) is 5.16. The molecule has 1 aliphatic rings. The van der Waals surface area contributed by atoms with Crippen LogP contribution in [0.15, 0.2) is 12.1 Å². The molecule has 0 saturated heterocycles. The van der Waals surface area contributed by atoms with Gasteiger partial charge in [0.25, 0.3) is 0 Å². The molecule has 1 heterocycles. The lowest BCUT2D eigenvalue weighted by atomic mass is 9.94. The fourth-order valence-corrected chi connectivity index (χ4v) is 2.60. The lowest BCUT2D eigenvalue weighted by Crippen LogP contribution is -2.28. The summed E-state index contributed by atoms with van der Waals surface area (Å²) in [6.45, 7) is 1.57. The molecule has 2 rings (SSSR count). The molecule has 0 amide bonds. The van der Waals surface area contributed by atoms with Crippen LogP contribution in [-0.2, 0) is 16.0 Å². The molecule has 1 atom stereocenters. The van der Waals surface area contributed by atoms with Crippen LogP contribution in [0.1, 0.15) is 42.1 Å². The van der Waals surface area contributed by atoms with Gasteiger partial charge in [-0.25, -0.2) is 4.79 Å². The fourth-order valence-electron chi connectivity index (χ4n) is 2.60. The Hall–Kier alpha value is -2.04. The molecule has 1 aliphatic heterocycles. The summed E-state index contributed by atoms with van der Waals surface area (Å²) < 4.78 is 15.9. The molecular formula is C16H20O5. The quantitative estimate of drug-likeness (QED) is 0.754. The van der Waals surface area contributed by atoms with Crippen molar-refractivity contribution < 1.29 is 23.8 Å². The Morgan fingerprint density at radius 1 is 1.33 bits per heavy atom. The van der Waals surface area contributed by atoms with Crippen molar-refractivity contribution in [3.63, 3.8) is 0 Å². The predicted octanol–water partition coefficient (Wildman–Crippen LogP) is 2.54. The molecule has 114 valence electrons. The molecule has 0 aromatic heterocycles. The van der Waals surface area contributed by atoms with E-state index in [0.29, 0.717) is 36.3 Å². The van der Waals surface area contributed by atoms with E-state index in [0.717, 1.165) is 12.0 Å². The number of Topliss-reactive ketones (excluding diaryl/α,β-unsaturated/α-hetero) is 1. The molecule has 0 unspecified atom stereocenters. The van der Waals surface area contributed by atoms with Crippen LogP contribution >= 0.6 is 0 Å². The van der Waals surface area contributed by atoms with E-state index in [1.165, 1.54) is 14.2 Å². The summed E-state index contributed by atoms with van der Waals surface area (Å²) in [6, 6.07) is 3.66. The Kier molecular flexibility index (Phi) is 4.83. The molecule has 0 fully saturated rings. The van der Waals surface area contributed by atoms with Crippen LogP contribution in [0.25, 0.3) is 0 Å². The van der Waals surface area contributed by atoms with Crippen molar-refractivity contribution in [2.75, 3.05) is 14.2 Å². The molecule has 0 N–H and O–H groups in total. The number of benzene rings is 1. The van der Waals surface area contributed by atoms with Crippen LogP contribution in [0.3, 0.4) is 0 Å². The van der Waals surface area contributed by atoms with Gasteiger partial charge in [-0.3, -0.25) is 0 Å². The predicted molar refractivity (Wildman–Crippen MR) is 77.0 cm³/mol. The molecule has 0 aliphatic carbocycles. The zero-order chi connectivity index (χ0) is 15.4. The van der Waals surface area contributed by atoms with Gasteiger partial charge >= 0.3 is 5.97 Å². The summed E-state index contributed by atoms with van der Waals surface area (Å²) in [5, 5.41) is 0. The zero-order valence-corrected chi connectivity index (χ0v) is 12.6. The van der Waals surface area contributed by atoms with Crippen LogP contribution < -0.4 is 9.47 Å². The average molecular weight is 292 g/mol. The van der Waals surface area contributed by atoms with Gasteiger partial charge in [-0.15, -0.1) is 0 Å². The van der Waals surface area contributed by atoms with Crippen molar-refractivity contribution in [3.8, 4) is 11.5 Å². The van der Waals surface area contributed by atoms with Crippen molar-refractivity contribution in [1.82, 2.24) is 0 Å². The molecule has 0 spiro atoms. The van der Waals surface area contributed by atoms with Gasteiger partial charge in [-0.1, -0.05) is 6.07 Å². The second-order valence-electron chi connectivity index (χ2n) is 5.16. The van der Waals surface area contributed by atoms with E-state index in [9.17, 15) is 9.59 Å². The average Bonchev–Trinajstić information content (AvgIpc) is 2.45. The third-order valence-electron chi connectivity index (χ3n) is 3.61. The Bertz CT molecular complexity index is 550. The number of hydrogen-bond donors (Lipinski definition) is 0. The highest BCUT2D eigenvalue weighted by atomic mass is 16.5. The van der Waals surface area contributed by atoms with Crippen LogP contribution in [0.4, 0.5) is 0 Å². The van der Waals surface area contributed by atoms with Gasteiger partial charge in [0.1, 0.15) is 17.5 Å². The minimum atomic E-state index is -0.389. The number of carbonyl (C=O) groups excluding carboxylic acids is 2. The van der Waals surface area contributed by atoms with Gasteiger partial charge in [0.15, 0.2) is 11.5 Å². The number of carbonyl (C=O) groups is 2. The number of hydrogen-bond acceptors (Lipinski definition) is 5. The highest BCUT2D eigenvalue weighted by molar-refractivity contribution is 5.96. The fraction of sp³-hybridized carbons (Fsp3) is 0.500. The van der Waals surface area contributed by atoms with Crippen molar-refractivity contribution >= 4 is 11.8 Å². The van der Waals surface area contributed by atoms with Crippen LogP contribution in [0.2, 0.25) is 0 Å². The lowest BCUT2D eigenvalue weighted by molar-refractivity contribution is -0.117. The molecule has 1 aromatic carbocycles. The summed E-state index contributed by atoms with van der Waals surface area (Å²) in [6.07, 6.45) is 2.41. The highest BCUT2D eigenvalue weighted by Gasteiger charge is 2.31. The van der Waals surface area contributed by atoms with E-state index in [2.05, 4.69) is 0 Å². The first kappa shape index (κ1) is 15.4. The molecule has 0 bridgehead atoms. The highest BCUT2D eigenvalue weighted by Crippen LogP contribution is 2.37. The first-order valence-electron chi connectivity index (χ1n) is 7.01. The topological polar surface area (TPSA) is 61.8 Å². The number of methoxy groups -OCH3 is 2. The number of fused-ring (bicyclic) bond motifs is 1. The maximum atomic E-state index is 12.2. The van der Waals surface area contributed by atoms with Crippen LogP contribution in [-0.4, -0.2) is 32.1 Å². The Balaban J connectivity index is 2.17. The lowest BCUT2D eigenvalue weighted by Gasteiger charge is -2.26. The SMILES string of the molecule is COc1ccc2c(c1OC)C(=O)O[C@H](CCCC(C)=O)C2. The normalized spacial score (nSPS) is 16.9. The molecule has 0 saturated carbocycles. The minimum absolute atomic E-state index is 0.156. The number of rotatable bonds is 6. The monoisotopic (exact) mass is 292 g/mol. The first-order valence-corrected chi connectivity index (χ1v) is 7.01. The smallest absolute Gasteiger partial charge is 0.342 e. The Morgan fingerprint density at radius 3 is 2.71 bits per heavy atom. The van der Waals surface area contributed by atoms with Crippen LogP contribution in [0.5, 0.6) is 11.5 Å². The maximum Gasteiger partial charge on any atom is 0.342 e. The van der Waals surface area contributed by atoms with E-state index < -0.39 is 0 Å². The summed E-state index contributed by atoms with van der Waals surface area (Å²) in [7, 11) is 3.04. The van der Waals surface area contributed by atoms with Gasteiger partial charge in [-0.2, -0.15) is 0 Å². The molecular weight excluding hydrogens is 272 g/mol.